The van der Waals surface area contributed by atoms with Crippen LogP contribution in [0.3, 0.4) is 0 Å². The summed E-state index contributed by atoms with van der Waals surface area (Å²) in [5.74, 6) is 0. The minimum absolute atomic E-state index is 0.185. The molecule has 112 valence electrons. The summed E-state index contributed by atoms with van der Waals surface area (Å²) in [5.41, 5.74) is 5.81. The molecule has 1 unspecified atom stereocenters. The van der Waals surface area contributed by atoms with Gasteiger partial charge in [0.2, 0.25) is 0 Å². The van der Waals surface area contributed by atoms with Gasteiger partial charge < -0.3 is 10.6 Å². The van der Waals surface area contributed by atoms with Crippen LogP contribution in [0.25, 0.3) is 0 Å². The van der Waals surface area contributed by atoms with Gasteiger partial charge in [0, 0.05) is 19.1 Å². The Balaban J connectivity index is 2.12. The van der Waals surface area contributed by atoms with Crippen LogP contribution in [-0.4, -0.2) is 24.5 Å². The number of halogens is 3. The number of rotatable bonds is 3. The molecule has 1 saturated heterocycles. The third-order valence-corrected chi connectivity index (χ3v) is 3.88. The molecule has 0 spiro atoms. The fourth-order valence-corrected chi connectivity index (χ4v) is 2.84. The molecule has 5 heteroatoms. The number of benzene rings is 1. The van der Waals surface area contributed by atoms with Gasteiger partial charge in [-0.25, -0.2) is 0 Å². The maximum Gasteiger partial charge on any atom is 0.416 e. The summed E-state index contributed by atoms with van der Waals surface area (Å²) < 4.78 is 38.9. The van der Waals surface area contributed by atoms with Crippen LogP contribution in [0.1, 0.15) is 37.4 Å². The Morgan fingerprint density at radius 2 is 1.95 bits per heavy atom. The average molecular weight is 286 g/mol. The summed E-state index contributed by atoms with van der Waals surface area (Å²) >= 11 is 0. The molecule has 0 saturated carbocycles. The quantitative estimate of drug-likeness (QED) is 0.922. The summed E-state index contributed by atoms with van der Waals surface area (Å²) in [6, 6.07) is 4.98. The molecule has 1 atom stereocenters. The van der Waals surface area contributed by atoms with E-state index in [0.717, 1.165) is 25.6 Å². The molecule has 20 heavy (non-hydrogen) atoms. The first-order valence-electron chi connectivity index (χ1n) is 6.83. The van der Waals surface area contributed by atoms with E-state index in [1.807, 2.05) is 0 Å². The van der Waals surface area contributed by atoms with Gasteiger partial charge in [0.05, 0.1) is 5.56 Å². The van der Waals surface area contributed by atoms with Crippen LogP contribution in [0.2, 0.25) is 0 Å². The van der Waals surface area contributed by atoms with E-state index >= 15 is 0 Å². The first-order chi connectivity index (χ1) is 9.19. The molecule has 0 aromatic heterocycles. The number of hydrogen-bond acceptors (Lipinski definition) is 2. The monoisotopic (exact) mass is 286 g/mol. The maximum absolute atomic E-state index is 13.0. The van der Waals surface area contributed by atoms with Crippen molar-refractivity contribution in [2.75, 3.05) is 19.6 Å². The SMILES string of the molecule is CC1(C)CCN(CC(N)c2ccccc2C(F)(F)F)C1. The van der Waals surface area contributed by atoms with Crippen LogP contribution in [0.5, 0.6) is 0 Å². The Morgan fingerprint density at radius 3 is 2.50 bits per heavy atom. The van der Waals surface area contributed by atoms with Crippen LogP contribution in [0.15, 0.2) is 24.3 Å². The molecule has 0 bridgehead atoms. The Morgan fingerprint density at radius 1 is 1.30 bits per heavy atom. The van der Waals surface area contributed by atoms with Crippen molar-refractivity contribution >= 4 is 0 Å². The van der Waals surface area contributed by atoms with Gasteiger partial charge in [-0.15, -0.1) is 0 Å². The smallest absolute Gasteiger partial charge is 0.323 e. The van der Waals surface area contributed by atoms with Crippen molar-refractivity contribution < 1.29 is 13.2 Å². The molecule has 0 aliphatic carbocycles. The highest BCUT2D eigenvalue weighted by atomic mass is 19.4. The molecule has 1 aliphatic heterocycles. The van der Waals surface area contributed by atoms with Gasteiger partial charge in [0.25, 0.3) is 0 Å². The van der Waals surface area contributed by atoms with Gasteiger partial charge in [-0.1, -0.05) is 32.0 Å². The van der Waals surface area contributed by atoms with Gasteiger partial charge >= 0.3 is 6.18 Å². The molecule has 2 N–H and O–H groups in total. The summed E-state index contributed by atoms with van der Waals surface area (Å²) in [4.78, 5) is 2.15. The summed E-state index contributed by atoms with van der Waals surface area (Å²) in [5, 5.41) is 0. The fraction of sp³-hybridized carbons (Fsp3) is 0.600. The van der Waals surface area contributed by atoms with Crippen molar-refractivity contribution in [3.05, 3.63) is 35.4 Å². The minimum Gasteiger partial charge on any atom is -0.323 e. The van der Waals surface area contributed by atoms with Gasteiger partial charge in [-0.05, 0) is 30.0 Å². The molecule has 1 aliphatic rings. The third kappa shape index (κ3) is 3.52. The van der Waals surface area contributed by atoms with Gasteiger partial charge in [0.15, 0.2) is 0 Å². The number of alkyl halides is 3. The molecule has 2 rings (SSSR count). The van der Waals surface area contributed by atoms with Crippen molar-refractivity contribution in [2.24, 2.45) is 11.1 Å². The number of likely N-dealkylation sites (tertiary alicyclic amines) is 1. The van der Waals surface area contributed by atoms with Crippen LogP contribution < -0.4 is 5.73 Å². The van der Waals surface area contributed by atoms with Gasteiger partial charge in [0.1, 0.15) is 0 Å². The highest BCUT2D eigenvalue weighted by molar-refractivity contribution is 5.32. The molecule has 1 aromatic carbocycles. The van der Waals surface area contributed by atoms with E-state index in [-0.39, 0.29) is 11.0 Å². The number of nitrogens with two attached hydrogens (primary N) is 1. The Hall–Kier alpha value is -1.07. The van der Waals surface area contributed by atoms with E-state index < -0.39 is 17.8 Å². The van der Waals surface area contributed by atoms with Crippen molar-refractivity contribution in [3.63, 3.8) is 0 Å². The normalized spacial score (nSPS) is 21.1. The van der Waals surface area contributed by atoms with Crippen LogP contribution in [0.4, 0.5) is 13.2 Å². The van der Waals surface area contributed by atoms with Crippen LogP contribution in [0, 0.1) is 5.41 Å². The second-order valence-corrected chi connectivity index (χ2v) is 6.34. The highest BCUT2D eigenvalue weighted by Gasteiger charge is 2.35. The van der Waals surface area contributed by atoms with Crippen LogP contribution >= 0.6 is 0 Å². The predicted molar refractivity (Wildman–Crippen MR) is 73.2 cm³/mol. The van der Waals surface area contributed by atoms with Crippen molar-refractivity contribution in [2.45, 2.75) is 32.5 Å². The van der Waals surface area contributed by atoms with Gasteiger partial charge in [-0.3, -0.25) is 0 Å². The van der Waals surface area contributed by atoms with Crippen molar-refractivity contribution in [1.82, 2.24) is 4.90 Å². The first-order valence-corrected chi connectivity index (χ1v) is 6.83. The summed E-state index contributed by atoms with van der Waals surface area (Å²) in [6.45, 7) is 6.59. The van der Waals surface area contributed by atoms with E-state index in [4.69, 9.17) is 5.73 Å². The molecule has 2 nitrogen and oxygen atoms in total. The number of nitrogens with zero attached hydrogens (tertiary/aromatic N) is 1. The largest absolute Gasteiger partial charge is 0.416 e. The van der Waals surface area contributed by atoms with Gasteiger partial charge in [-0.2, -0.15) is 13.2 Å². The second kappa shape index (κ2) is 5.37. The molecular weight excluding hydrogens is 265 g/mol. The van der Waals surface area contributed by atoms with E-state index in [0.29, 0.717) is 6.54 Å². The Bertz CT molecular complexity index is 468. The molecule has 1 aromatic rings. The lowest BCUT2D eigenvalue weighted by atomic mass is 9.93. The third-order valence-electron chi connectivity index (χ3n) is 3.88. The van der Waals surface area contributed by atoms with E-state index in [9.17, 15) is 13.2 Å². The second-order valence-electron chi connectivity index (χ2n) is 6.34. The maximum atomic E-state index is 13.0. The fourth-order valence-electron chi connectivity index (χ4n) is 2.84. The molecule has 0 amide bonds. The molecule has 1 fully saturated rings. The molecular formula is C15H21F3N2. The lowest BCUT2D eigenvalue weighted by Gasteiger charge is -2.25. The lowest BCUT2D eigenvalue weighted by Crippen LogP contribution is -2.32. The number of hydrogen-bond donors (Lipinski definition) is 1. The zero-order valence-corrected chi connectivity index (χ0v) is 11.9. The lowest BCUT2D eigenvalue weighted by molar-refractivity contribution is -0.138. The summed E-state index contributed by atoms with van der Waals surface area (Å²) in [7, 11) is 0. The van der Waals surface area contributed by atoms with E-state index in [2.05, 4.69) is 18.7 Å². The molecule has 1 heterocycles. The zero-order chi connectivity index (χ0) is 15.0. The Labute approximate surface area is 117 Å². The summed E-state index contributed by atoms with van der Waals surface area (Å²) in [6.07, 6.45) is -3.29. The molecule has 0 radical (unpaired) electrons. The standard InChI is InChI=1S/C15H21F3N2/c1-14(2)7-8-20(10-14)9-13(19)11-5-3-4-6-12(11)15(16,17)18/h3-6,13H,7-10,19H2,1-2H3. The zero-order valence-electron chi connectivity index (χ0n) is 11.9. The first kappa shape index (κ1) is 15.3. The highest BCUT2D eigenvalue weighted by Crippen LogP contribution is 2.35. The van der Waals surface area contributed by atoms with Crippen molar-refractivity contribution in [1.29, 1.82) is 0 Å². The van der Waals surface area contributed by atoms with E-state index in [1.165, 1.54) is 12.1 Å². The van der Waals surface area contributed by atoms with Crippen molar-refractivity contribution in [3.8, 4) is 0 Å². The topological polar surface area (TPSA) is 29.3 Å². The minimum atomic E-state index is -4.35. The Kier molecular flexibility index (Phi) is 4.12. The average Bonchev–Trinajstić information content (AvgIpc) is 2.67. The van der Waals surface area contributed by atoms with E-state index in [1.54, 1.807) is 6.07 Å². The predicted octanol–water partition coefficient (Wildman–Crippen LogP) is 3.44. The van der Waals surface area contributed by atoms with Crippen LogP contribution in [-0.2, 0) is 6.18 Å².